The number of carbonyl (C=O) groups is 1. The molecule has 22 heavy (non-hydrogen) atoms. The molecule has 0 aliphatic heterocycles. The highest BCUT2D eigenvalue weighted by atomic mass is 32.1. The number of rotatable bonds is 6. The highest BCUT2D eigenvalue weighted by Gasteiger charge is 2.15. The number of amides is 1. The van der Waals surface area contributed by atoms with E-state index in [-0.39, 0.29) is 5.91 Å². The highest BCUT2D eigenvalue weighted by Crippen LogP contribution is 2.24. The molecule has 0 saturated heterocycles. The molecule has 0 radical (unpaired) electrons. The van der Waals surface area contributed by atoms with Crippen LogP contribution in [0.15, 0.2) is 35.4 Å². The van der Waals surface area contributed by atoms with Crippen LogP contribution < -0.4 is 0 Å². The summed E-state index contributed by atoms with van der Waals surface area (Å²) in [5.41, 5.74) is 1.47. The highest BCUT2D eigenvalue weighted by molar-refractivity contribution is 7.80. The molecule has 0 spiro atoms. The largest absolute Gasteiger partial charge is 0.342 e. The third-order valence-corrected chi connectivity index (χ3v) is 4.04. The van der Waals surface area contributed by atoms with Crippen LogP contribution in [0.5, 0.6) is 0 Å². The fraction of sp³-hybridized carbons (Fsp3) is 0.412. The maximum Gasteiger partial charge on any atom is 0.254 e. The zero-order valence-corrected chi connectivity index (χ0v) is 14.3. The van der Waals surface area contributed by atoms with Gasteiger partial charge in [0.15, 0.2) is 0 Å². The number of thiol groups is 1. The predicted octanol–water partition coefficient (Wildman–Crippen LogP) is 2.94. The maximum absolute atomic E-state index is 12.7. The number of fused-ring (bicyclic) bond motifs is 1. The Hall–Kier alpha value is -1.59. The Morgan fingerprint density at radius 1 is 1.14 bits per heavy atom. The molecule has 1 aromatic heterocycles. The molecule has 118 valence electrons. The molecule has 0 unspecified atom stereocenters. The molecule has 0 aliphatic rings. The van der Waals surface area contributed by atoms with E-state index in [9.17, 15) is 4.79 Å². The average molecular weight is 317 g/mol. The Kier molecular flexibility index (Phi) is 5.80. The summed E-state index contributed by atoms with van der Waals surface area (Å²) in [5.74, 6) is 0.0381. The Balaban J connectivity index is 2.11. The summed E-state index contributed by atoms with van der Waals surface area (Å²) in [6.07, 6.45) is 3.81. The first-order valence-corrected chi connectivity index (χ1v) is 7.92. The molecule has 0 saturated carbocycles. The molecule has 1 amide bonds. The van der Waals surface area contributed by atoms with Crippen molar-refractivity contribution in [1.29, 1.82) is 0 Å². The van der Waals surface area contributed by atoms with Gasteiger partial charge in [-0.15, -0.1) is 12.6 Å². The van der Waals surface area contributed by atoms with Gasteiger partial charge in [-0.3, -0.25) is 9.78 Å². The second kappa shape index (κ2) is 7.61. The number of pyridine rings is 1. The standard InChI is InChI=1S/C17H23N3OS/c1-19(2)11-4-5-12-20(3)17(21)14-8-9-15(22)16-13(14)7-6-10-18-16/h6-10,22H,4-5,11-12H2,1-3H3. The monoisotopic (exact) mass is 317 g/mol. The van der Waals surface area contributed by atoms with Gasteiger partial charge in [0.25, 0.3) is 5.91 Å². The Morgan fingerprint density at radius 3 is 2.59 bits per heavy atom. The summed E-state index contributed by atoms with van der Waals surface area (Å²) in [6.45, 7) is 1.81. The summed E-state index contributed by atoms with van der Waals surface area (Å²) in [6, 6.07) is 7.45. The van der Waals surface area contributed by atoms with Crippen molar-refractivity contribution in [3.63, 3.8) is 0 Å². The first-order chi connectivity index (χ1) is 10.5. The lowest BCUT2D eigenvalue weighted by atomic mass is 10.1. The lowest BCUT2D eigenvalue weighted by molar-refractivity contribution is 0.0794. The number of hydrogen-bond donors (Lipinski definition) is 1. The van der Waals surface area contributed by atoms with Gasteiger partial charge in [0.2, 0.25) is 0 Å². The molecule has 1 heterocycles. The number of hydrogen-bond acceptors (Lipinski definition) is 4. The zero-order valence-electron chi connectivity index (χ0n) is 13.4. The van der Waals surface area contributed by atoms with Crippen LogP contribution >= 0.6 is 12.6 Å². The summed E-state index contributed by atoms with van der Waals surface area (Å²) in [7, 11) is 5.98. The fourth-order valence-corrected chi connectivity index (χ4v) is 2.68. The number of unbranched alkanes of at least 4 members (excludes halogenated alkanes) is 1. The van der Waals surface area contributed by atoms with Crippen molar-refractivity contribution in [3.8, 4) is 0 Å². The van der Waals surface area contributed by atoms with Crippen molar-refractivity contribution in [2.45, 2.75) is 17.7 Å². The minimum absolute atomic E-state index is 0.0381. The van der Waals surface area contributed by atoms with Crippen LogP contribution in [-0.4, -0.2) is 54.9 Å². The molecular weight excluding hydrogens is 294 g/mol. The molecular formula is C17H23N3OS. The first-order valence-electron chi connectivity index (χ1n) is 7.47. The second-order valence-corrected chi connectivity index (χ2v) is 6.25. The van der Waals surface area contributed by atoms with Gasteiger partial charge in [-0.25, -0.2) is 0 Å². The summed E-state index contributed by atoms with van der Waals surface area (Å²) < 4.78 is 0. The van der Waals surface area contributed by atoms with Crippen LogP contribution in [0.1, 0.15) is 23.2 Å². The Labute approximate surface area is 137 Å². The van der Waals surface area contributed by atoms with Crippen LogP contribution in [0.4, 0.5) is 0 Å². The van der Waals surface area contributed by atoms with Gasteiger partial charge in [0, 0.05) is 35.6 Å². The Bertz CT molecular complexity index is 657. The normalized spacial score (nSPS) is 11.1. The van der Waals surface area contributed by atoms with Crippen LogP contribution in [0.3, 0.4) is 0 Å². The molecule has 0 aliphatic carbocycles. The molecule has 0 fully saturated rings. The third-order valence-electron chi connectivity index (χ3n) is 3.67. The summed E-state index contributed by atoms with van der Waals surface area (Å²) >= 11 is 4.41. The molecule has 0 atom stereocenters. The van der Waals surface area contributed by atoms with E-state index in [1.807, 2.05) is 31.3 Å². The number of aromatic nitrogens is 1. The van der Waals surface area contributed by atoms with Crippen LogP contribution in [0.2, 0.25) is 0 Å². The average Bonchev–Trinajstić information content (AvgIpc) is 2.51. The van der Waals surface area contributed by atoms with Crippen molar-refractivity contribution >= 4 is 29.4 Å². The van der Waals surface area contributed by atoms with Crippen molar-refractivity contribution in [3.05, 3.63) is 36.0 Å². The van der Waals surface area contributed by atoms with E-state index in [0.29, 0.717) is 5.56 Å². The molecule has 1 aromatic carbocycles. The van der Waals surface area contributed by atoms with E-state index in [4.69, 9.17) is 0 Å². The number of nitrogens with zero attached hydrogens (tertiary/aromatic N) is 3. The van der Waals surface area contributed by atoms with E-state index in [1.165, 1.54) is 0 Å². The predicted molar refractivity (Wildman–Crippen MR) is 93.7 cm³/mol. The SMILES string of the molecule is CN(C)CCCCN(C)C(=O)c1ccc(S)c2ncccc12. The molecule has 5 heteroatoms. The smallest absolute Gasteiger partial charge is 0.254 e. The van der Waals surface area contributed by atoms with Gasteiger partial charge in [-0.2, -0.15) is 0 Å². The topological polar surface area (TPSA) is 36.4 Å². The lowest BCUT2D eigenvalue weighted by Crippen LogP contribution is -2.28. The van der Waals surface area contributed by atoms with Gasteiger partial charge in [0.1, 0.15) is 0 Å². The quantitative estimate of drug-likeness (QED) is 0.657. The zero-order chi connectivity index (χ0) is 16.1. The maximum atomic E-state index is 12.7. The Morgan fingerprint density at radius 2 is 1.86 bits per heavy atom. The minimum Gasteiger partial charge on any atom is -0.342 e. The molecule has 0 bridgehead atoms. The molecule has 2 aromatic rings. The van der Waals surface area contributed by atoms with Crippen molar-refractivity contribution in [2.75, 3.05) is 34.2 Å². The van der Waals surface area contributed by atoms with E-state index >= 15 is 0 Å². The molecule has 0 N–H and O–H groups in total. The first kappa shape index (κ1) is 16.8. The van der Waals surface area contributed by atoms with Gasteiger partial charge in [-0.1, -0.05) is 6.07 Å². The van der Waals surface area contributed by atoms with E-state index in [1.54, 1.807) is 11.1 Å². The van der Waals surface area contributed by atoms with Gasteiger partial charge in [-0.05, 0) is 51.7 Å². The van der Waals surface area contributed by atoms with Gasteiger partial charge in [0.05, 0.1) is 5.52 Å². The lowest BCUT2D eigenvalue weighted by Gasteiger charge is -2.19. The van der Waals surface area contributed by atoms with Crippen molar-refractivity contribution in [2.24, 2.45) is 0 Å². The van der Waals surface area contributed by atoms with Crippen LogP contribution in [-0.2, 0) is 0 Å². The van der Waals surface area contributed by atoms with E-state index < -0.39 is 0 Å². The van der Waals surface area contributed by atoms with Crippen molar-refractivity contribution < 1.29 is 4.79 Å². The van der Waals surface area contributed by atoms with Crippen LogP contribution in [0, 0.1) is 0 Å². The summed E-state index contributed by atoms with van der Waals surface area (Å²) in [5, 5.41) is 0.861. The van der Waals surface area contributed by atoms with E-state index in [2.05, 4.69) is 36.6 Å². The molecule has 2 rings (SSSR count). The fourth-order valence-electron chi connectivity index (χ4n) is 2.43. The number of benzene rings is 1. The van der Waals surface area contributed by atoms with E-state index in [0.717, 1.165) is 41.7 Å². The van der Waals surface area contributed by atoms with Gasteiger partial charge >= 0.3 is 0 Å². The third kappa shape index (κ3) is 3.99. The van der Waals surface area contributed by atoms with Crippen molar-refractivity contribution in [1.82, 2.24) is 14.8 Å². The summed E-state index contributed by atoms with van der Waals surface area (Å²) in [4.78, 5) is 21.7. The number of carbonyl (C=O) groups excluding carboxylic acids is 1. The van der Waals surface area contributed by atoms with Gasteiger partial charge < -0.3 is 9.80 Å². The second-order valence-electron chi connectivity index (χ2n) is 5.77. The minimum atomic E-state index is 0.0381. The molecule has 4 nitrogen and oxygen atoms in total. The van der Waals surface area contributed by atoms with Crippen LogP contribution in [0.25, 0.3) is 10.9 Å².